The zero-order valence-corrected chi connectivity index (χ0v) is 9.59. The third-order valence-electron chi connectivity index (χ3n) is 2.25. The van der Waals surface area contributed by atoms with Crippen LogP contribution in [0.3, 0.4) is 0 Å². The van der Waals surface area contributed by atoms with E-state index in [9.17, 15) is 15.3 Å². The lowest BCUT2D eigenvalue weighted by molar-refractivity contribution is -0.205. The summed E-state index contributed by atoms with van der Waals surface area (Å²) in [4.78, 5) is 0. The lowest BCUT2D eigenvalue weighted by atomic mass is 10.0. The second-order valence-electron chi connectivity index (χ2n) is 3.88. The van der Waals surface area contributed by atoms with E-state index in [1.165, 1.54) is 11.8 Å². The first-order valence-electron chi connectivity index (χ1n) is 4.93. The first-order valence-corrected chi connectivity index (χ1v) is 5.87. The molecular formula is C9H18O5S. The summed E-state index contributed by atoms with van der Waals surface area (Å²) in [5, 5.41) is 37.8. The molecule has 0 aromatic heterocycles. The number of thioether (sulfide) groups is 1. The maximum Gasteiger partial charge on any atom is 0.132 e. The van der Waals surface area contributed by atoms with Crippen LogP contribution in [0.4, 0.5) is 0 Å². The van der Waals surface area contributed by atoms with E-state index >= 15 is 0 Å². The van der Waals surface area contributed by atoms with E-state index in [1.807, 2.05) is 13.8 Å². The Balaban J connectivity index is 2.65. The number of hydrogen-bond donors (Lipinski definition) is 4. The number of aliphatic hydroxyl groups excluding tert-OH is 4. The molecule has 0 aliphatic carbocycles. The lowest BCUT2D eigenvalue weighted by Crippen LogP contribution is -2.57. The minimum absolute atomic E-state index is 0.228. The van der Waals surface area contributed by atoms with Gasteiger partial charge in [0.2, 0.25) is 0 Å². The van der Waals surface area contributed by atoms with Crippen LogP contribution in [-0.2, 0) is 4.74 Å². The Hall–Kier alpha value is 0.150. The number of hydrogen-bond acceptors (Lipinski definition) is 6. The van der Waals surface area contributed by atoms with Crippen LogP contribution < -0.4 is 0 Å². The Kier molecular flexibility index (Phi) is 4.82. The van der Waals surface area contributed by atoms with E-state index in [0.717, 1.165) is 0 Å². The van der Waals surface area contributed by atoms with Gasteiger partial charge < -0.3 is 25.2 Å². The molecule has 1 heterocycles. The molecule has 0 aromatic carbocycles. The summed E-state index contributed by atoms with van der Waals surface area (Å²) in [7, 11) is 0. The molecule has 1 aliphatic rings. The van der Waals surface area contributed by atoms with Gasteiger partial charge in [-0.1, -0.05) is 13.8 Å². The van der Waals surface area contributed by atoms with Crippen LogP contribution in [0.15, 0.2) is 0 Å². The molecule has 5 nitrogen and oxygen atoms in total. The summed E-state index contributed by atoms with van der Waals surface area (Å²) in [6, 6.07) is 0. The van der Waals surface area contributed by atoms with Crippen molar-refractivity contribution >= 4 is 11.8 Å². The van der Waals surface area contributed by atoms with Crippen LogP contribution in [0.5, 0.6) is 0 Å². The molecule has 1 aliphatic heterocycles. The summed E-state index contributed by atoms with van der Waals surface area (Å²) in [6.07, 6.45) is -4.48. The fourth-order valence-electron chi connectivity index (χ4n) is 1.45. The van der Waals surface area contributed by atoms with Crippen molar-refractivity contribution in [1.29, 1.82) is 0 Å². The number of rotatable bonds is 3. The average Bonchev–Trinajstić information content (AvgIpc) is 2.18. The quantitative estimate of drug-likeness (QED) is 0.500. The highest BCUT2D eigenvalue weighted by atomic mass is 32.2. The third-order valence-corrected chi connectivity index (χ3v) is 3.46. The van der Waals surface area contributed by atoms with Crippen molar-refractivity contribution in [3.63, 3.8) is 0 Å². The van der Waals surface area contributed by atoms with E-state index in [-0.39, 0.29) is 11.9 Å². The Labute approximate surface area is 93.1 Å². The lowest BCUT2D eigenvalue weighted by Gasteiger charge is -2.40. The van der Waals surface area contributed by atoms with Gasteiger partial charge in [-0.2, -0.15) is 0 Å². The van der Waals surface area contributed by atoms with Crippen LogP contribution in [0.25, 0.3) is 0 Å². The minimum Gasteiger partial charge on any atom is -0.394 e. The fraction of sp³-hybridized carbons (Fsp3) is 1.00. The van der Waals surface area contributed by atoms with Gasteiger partial charge in [-0.25, -0.2) is 0 Å². The van der Waals surface area contributed by atoms with E-state index < -0.39 is 29.9 Å². The Morgan fingerprint density at radius 3 is 2.20 bits per heavy atom. The standard InChI is InChI=1S/C9H18O5S/c1-4(2)15-9-8(13)7(12)6(11)5(3-10)14-9/h4-13H,3H2,1-2H3/t5?,6-,7+,8?,9-/m0/s1. The van der Waals surface area contributed by atoms with Gasteiger partial charge in [0.15, 0.2) is 0 Å². The summed E-state index contributed by atoms with van der Waals surface area (Å²) in [5.41, 5.74) is -0.611. The molecule has 90 valence electrons. The van der Waals surface area contributed by atoms with Crippen LogP contribution in [0.1, 0.15) is 13.8 Å². The Bertz CT molecular complexity index is 199. The van der Waals surface area contributed by atoms with E-state index in [1.54, 1.807) is 0 Å². The van der Waals surface area contributed by atoms with Gasteiger partial charge in [0.25, 0.3) is 0 Å². The normalized spacial score (nSPS) is 42.2. The van der Waals surface area contributed by atoms with Gasteiger partial charge in [-0.05, 0) is 0 Å². The molecule has 1 fully saturated rings. The predicted octanol–water partition coefficient (Wildman–Crippen LogP) is -1.07. The monoisotopic (exact) mass is 238 g/mol. The van der Waals surface area contributed by atoms with Crippen LogP contribution >= 0.6 is 11.8 Å². The summed E-state index contributed by atoms with van der Waals surface area (Å²) >= 11 is 1.35. The summed E-state index contributed by atoms with van der Waals surface area (Å²) < 4.78 is 5.29. The van der Waals surface area contributed by atoms with Gasteiger partial charge >= 0.3 is 0 Å². The van der Waals surface area contributed by atoms with Gasteiger partial charge in [0, 0.05) is 5.25 Å². The van der Waals surface area contributed by atoms with Gasteiger partial charge in [-0.3, -0.25) is 0 Å². The molecule has 0 amide bonds. The van der Waals surface area contributed by atoms with Crippen LogP contribution in [0, 0.1) is 0 Å². The Morgan fingerprint density at radius 1 is 1.13 bits per heavy atom. The summed E-state index contributed by atoms with van der Waals surface area (Å²) in [5.74, 6) is 0. The molecular weight excluding hydrogens is 220 g/mol. The number of ether oxygens (including phenoxy) is 1. The second-order valence-corrected chi connectivity index (χ2v) is 5.56. The van der Waals surface area contributed by atoms with Crippen molar-refractivity contribution < 1.29 is 25.2 Å². The average molecular weight is 238 g/mol. The number of aliphatic hydroxyl groups is 4. The predicted molar refractivity (Wildman–Crippen MR) is 56.5 cm³/mol. The third kappa shape index (κ3) is 3.05. The van der Waals surface area contributed by atoms with Crippen molar-refractivity contribution in [2.45, 2.75) is 48.9 Å². The second kappa shape index (κ2) is 5.47. The molecule has 1 saturated heterocycles. The maximum absolute atomic E-state index is 9.63. The topological polar surface area (TPSA) is 90.2 Å². The van der Waals surface area contributed by atoms with Gasteiger partial charge in [0.05, 0.1) is 6.61 Å². The first-order chi connectivity index (χ1) is 6.97. The molecule has 5 atom stereocenters. The van der Waals surface area contributed by atoms with Crippen molar-refractivity contribution in [2.24, 2.45) is 0 Å². The molecule has 1 rings (SSSR count). The molecule has 0 radical (unpaired) electrons. The van der Waals surface area contributed by atoms with Crippen molar-refractivity contribution in [2.75, 3.05) is 6.61 Å². The highest BCUT2D eigenvalue weighted by molar-refractivity contribution is 8.00. The molecule has 0 bridgehead atoms. The van der Waals surface area contributed by atoms with E-state index in [0.29, 0.717) is 0 Å². The highest BCUT2D eigenvalue weighted by Gasteiger charge is 2.43. The van der Waals surface area contributed by atoms with E-state index in [2.05, 4.69) is 0 Å². The van der Waals surface area contributed by atoms with Crippen molar-refractivity contribution in [3.05, 3.63) is 0 Å². The van der Waals surface area contributed by atoms with Crippen LogP contribution in [-0.4, -0.2) is 62.1 Å². The maximum atomic E-state index is 9.63. The van der Waals surface area contributed by atoms with Crippen LogP contribution in [0.2, 0.25) is 0 Å². The van der Waals surface area contributed by atoms with Gasteiger partial charge in [-0.15, -0.1) is 11.8 Å². The Morgan fingerprint density at radius 2 is 1.73 bits per heavy atom. The molecule has 0 aromatic rings. The first kappa shape index (κ1) is 13.2. The SMILES string of the molecule is CC(C)S[C@@H]1OC(CO)[C@H](O)[C@@H](O)C1O. The van der Waals surface area contributed by atoms with Crippen molar-refractivity contribution in [3.8, 4) is 0 Å². The van der Waals surface area contributed by atoms with Gasteiger partial charge in [0.1, 0.15) is 29.9 Å². The zero-order chi connectivity index (χ0) is 11.6. The molecule has 15 heavy (non-hydrogen) atoms. The molecule has 0 spiro atoms. The smallest absolute Gasteiger partial charge is 0.132 e. The molecule has 4 N–H and O–H groups in total. The van der Waals surface area contributed by atoms with Crippen molar-refractivity contribution in [1.82, 2.24) is 0 Å². The largest absolute Gasteiger partial charge is 0.394 e. The highest BCUT2D eigenvalue weighted by Crippen LogP contribution is 2.30. The molecule has 0 saturated carbocycles. The minimum atomic E-state index is -1.27. The molecule has 6 heteroatoms. The fourth-order valence-corrected chi connectivity index (χ4v) is 2.51. The molecule has 2 unspecified atom stereocenters. The van der Waals surface area contributed by atoms with E-state index in [4.69, 9.17) is 9.84 Å². The zero-order valence-electron chi connectivity index (χ0n) is 8.78. The summed E-state index contributed by atoms with van der Waals surface area (Å²) in [6.45, 7) is 3.50.